The van der Waals surface area contributed by atoms with Crippen molar-refractivity contribution in [3.8, 4) is 11.3 Å². The van der Waals surface area contributed by atoms with Gasteiger partial charge in [-0.15, -0.1) is 0 Å². The average Bonchev–Trinajstić information content (AvgIpc) is 2.81. The summed E-state index contributed by atoms with van der Waals surface area (Å²) in [5.41, 5.74) is 5.84. The van der Waals surface area contributed by atoms with Crippen LogP contribution in [0, 0.1) is 6.92 Å². The number of rotatable bonds is 5. The molecule has 0 saturated heterocycles. The van der Waals surface area contributed by atoms with Crippen molar-refractivity contribution in [1.82, 2.24) is 14.8 Å². The number of fused-ring (bicyclic) bond motifs is 4. The molecular formula is C26H29N3O4. The second-order valence-electron chi connectivity index (χ2n) is 8.70. The van der Waals surface area contributed by atoms with Crippen LogP contribution in [0.1, 0.15) is 28.7 Å². The van der Waals surface area contributed by atoms with Crippen molar-refractivity contribution in [2.24, 2.45) is 0 Å². The Morgan fingerprint density at radius 2 is 1.91 bits per heavy atom. The van der Waals surface area contributed by atoms with Crippen molar-refractivity contribution in [3.63, 3.8) is 0 Å². The summed E-state index contributed by atoms with van der Waals surface area (Å²) in [6.45, 7) is 2.71. The summed E-state index contributed by atoms with van der Waals surface area (Å²) in [4.78, 5) is 38.8. The maximum absolute atomic E-state index is 13.5. The Balaban J connectivity index is 1.88. The lowest BCUT2D eigenvalue weighted by molar-refractivity contribution is -0.120. The summed E-state index contributed by atoms with van der Waals surface area (Å²) in [6.07, 6.45) is 1.19. The molecule has 0 spiro atoms. The van der Waals surface area contributed by atoms with E-state index in [4.69, 9.17) is 4.74 Å². The molecule has 33 heavy (non-hydrogen) atoms. The van der Waals surface area contributed by atoms with Gasteiger partial charge in [-0.1, -0.05) is 29.8 Å². The van der Waals surface area contributed by atoms with Gasteiger partial charge in [-0.05, 0) is 54.0 Å². The third-order valence-corrected chi connectivity index (χ3v) is 6.17. The molecule has 2 amide bonds. The van der Waals surface area contributed by atoms with Crippen LogP contribution in [0.15, 0.2) is 41.2 Å². The molecule has 2 aromatic carbocycles. The van der Waals surface area contributed by atoms with Gasteiger partial charge in [0.15, 0.2) is 0 Å². The van der Waals surface area contributed by atoms with Crippen LogP contribution in [0.4, 0.5) is 4.79 Å². The molecule has 1 aliphatic heterocycles. The molecule has 2 heterocycles. The van der Waals surface area contributed by atoms with Gasteiger partial charge in [0.05, 0.1) is 5.69 Å². The first-order chi connectivity index (χ1) is 15.8. The van der Waals surface area contributed by atoms with Gasteiger partial charge in [0.1, 0.15) is 6.61 Å². The number of aryl methyl sites for hydroxylation is 3. The summed E-state index contributed by atoms with van der Waals surface area (Å²) in [6, 6.07) is 11.9. The van der Waals surface area contributed by atoms with Crippen LogP contribution in [0.5, 0.6) is 0 Å². The van der Waals surface area contributed by atoms with Crippen LogP contribution in [0.2, 0.25) is 0 Å². The molecule has 4 rings (SSSR count). The van der Waals surface area contributed by atoms with E-state index in [0.717, 1.165) is 45.3 Å². The lowest BCUT2D eigenvalue weighted by Crippen LogP contribution is -2.28. The summed E-state index contributed by atoms with van der Waals surface area (Å²) in [5, 5.41) is 4.26. The molecule has 0 unspecified atom stereocenters. The number of pyridine rings is 1. The number of benzene rings is 2. The summed E-state index contributed by atoms with van der Waals surface area (Å²) in [5.74, 6) is -0.0411. The Morgan fingerprint density at radius 1 is 1.12 bits per heavy atom. The summed E-state index contributed by atoms with van der Waals surface area (Å²) in [7, 11) is 4.91. The number of ether oxygens (including phenoxy) is 1. The number of carbonyl (C=O) groups is 2. The predicted octanol–water partition coefficient (Wildman–Crippen LogP) is 3.41. The Morgan fingerprint density at radius 3 is 2.64 bits per heavy atom. The number of aromatic nitrogens is 1. The molecule has 7 heteroatoms. The van der Waals surface area contributed by atoms with Crippen molar-refractivity contribution in [1.29, 1.82) is 0 Å². The van der Waals surface area contributed by atoms with E-state index in [9.17, 15) is 14.4 Å². The van der Waals surface area contributed by atoms with Gasteiger partial charge in [0.2, 0.25) is 5.91 Å². The van der Waals surface area contributed by atoms with E-state index in [1.807, 2.05) is 47.9 Å². The molecule has 0 radical (unpaired) electrons. The van der Waals surface area contributed by atoms with Gasteiger partial charge in [0, 0.05) is 45.1 Å². The zero-order valence-electron chi connectivity index (χ0n) is 19.5. The van der Waals surface area contributed by atoms with Crippen molar-refractivity contribution >= 4 is 22.8 Å². The second-order valence-corrected chi connectivity index (χ2v) is 8.70. The highest BCUT2D eigenvalue weighted by atomic mass is 16.6. The first-order valence-corrected chi connectivity index (χ1v) is 11.1. The average molecular weight is 448 g/mol. The molecule has 0 bridgehead atoms. The maximum Gasteiger partial charge on any atom is 0.409 e. The number of hydrogen-bond donors (Lipinski definition) is 1. The lowest BCUT2D eigenvalue weighted by Gasteiger charge is -2.26. The molecule has 1 aromatic heterocycles. The van der Waals surface area contributed by atoms with Crippen molar-refractivity contribution in [2.75, 3.05) is 21.1 Å². The molecule has 3 aromatic rings. The smallest absolute Gasteiger partial charge is 0.409 e. The summed E-state index contributed by atoms with van der Waals surface area (Å²) < 4.78 is 7.21. The van der Waals surface area contributed by atoms with Gasteiger partial charge >= 0.3 is 6.09 Å². The first-order valence-electron chi connectivity index (χ1n) is 11.1. The number of nitrogens with zero attached hydrogens (tertiary/aromatic N) is 2. The Kier molecular flexibility index (Phi) is 6.22. The van der Waals surface area contributed by atoms with Gasteiger partial charge in [-0.3, -0.25) is 9.59 Å². The zero-order valence-corrected chi connectivity index (χ0v) is 19.5. The molecule has 1 aliphatic rings. The molecule has 0 atom stereocenters. The fourth-order valence-corrected chi connectivity index (χ4v) is 4.43. The molecule has 7 nitrogen and oxygen atoms in total. The van der Waals surface area contributed by atoms with E-state index in [2.05, 4.69) is 5.32 Å². The Labute approximate surface area is 193 Å². The fraction of sp³-hybridized carbons (Fsp3) is 0.346. The van der Waals surface area contributed by atoms with E-state index in [1.165, 1.54) is 4.90 Å². The van der Waals surface area contributed by atoms with Crippen molar-refractivity contribution in [3.05, 3.63) is 69.0 Å². The number of carbonyl (C=O) groups excluding carboxylic acids is 2. The van der Waals surface area contributed by atoms with Crippen LogP contribution in [0.3, 0.4) is 0 Å². The largest absolute Gasteiger partial charge is 0.445 e. The SMILES string of the molecule is CNC(=O)CCc1c2n(c(=O)c3cc(C)ccc13)CCc1ccc(COC(=O)N(C)C)cc1-2. The molecule has 0 saturated carbocycles. The van der Waals surface area contributed by atoms with Gasteiger partial charge < -0.3 is 19.5 Å². The van der Waals surface area contributed by atoms with Crippen LogP contribution in [-0.2, 0) is 35.5 Å². The Hall–Kier alpha value is -3.61. The van der Waals surface area contributed by atoms with Gasteiger partial charge in [-0.2, -0.15) is 0 Å². The number of nitrogens with one attached hydrogen (secondary N) is 1. The van der Waals surface area contributed by atoms with E-state index in [-0.39, 0.29) is 18.1 Å². The lowest BCUT2D eigenvalue weighted by atomic mass is 9.88. The van der Waals surface area contributed by atoms with E-state index < -0.39 is 6.09 Å². The van der Waals surface area contributed by atoms with E-state index in [1.54, 1.807) is 21.1 Å². The Bertz CT molecular complexity index is 1310. The second kappa shape index (κ2) is 9.10. The molecule has 1 N–H and O–H groups in total. The highest BCUT2D eigenvalue weighted by Gasteiger charge is 2.24. The highest BCUT2D eigenvalue weighted by Crippen LogP contribution is 2.36. The summed E-state index contributed by atoms with van der Waals surface area (Å²) >= 11 is 0. The molecule has 0 aliphatic carbocycles. The monoisotopic (exact) mass is 447 g/mol. The number of amides is 2. The number of hydrogen-bond acceptors (Lipinski definition) is 4. The predicted molar refractivity (Wildman–Crippen MR) is 128 cm³/mol. The van der Waals surface area contributed by atoms with Crippen LogP contribution < -0.4 is 10.9 Å². The van der Waals surface area contributed by atoms with E-state index >= 15 is 0 Å². The van der Waals surface area contributed by atoms with Crippen LogP contribution in [0.25, 0.3) is 22.0 Å². The zero-order chi connectivity index (χ0) is 23.7. The third-order valence-electron chi connectivity index (χ3n) is 6.17. The highest BCUT2D eigenvalue weighted by molar-refractivity contribution is 5.92. The maximum atomic E-state index is 13.5. The normalized spacial score (nSPS) is 12.1. The molecule has 172 valence electrons. The minimum Gasteiger partial charge on any atom is -0.445 e. The van der Waals surface area contributed by atoms with Gasteiger partial charge in [-0.25, -0.2) is 4.79 Å². The minimum atomic E-state index is -0.406. The quantitative estimate of drug-likeness (QED) is 0.650. The van der Waals surface area contributed by atoms with Crippen LogP contribution in [-0.4, -0.2) is 42.6 Å². The van der Waals surface area contributed by atoms with Crippen molar-refractivity contribution in [2.45, 2.75) is 39.3 Å². The van der Waals surface area contributed by atoms with E-state index in [0.29, 0.717) is 24.8 Å². The first kappa shape index (κ1) is 22.6. The standard InChI is InChI=1S/C26H29N3O4/c1-16-5-8-19-20(9-10-23(30)27-2)24-21-14-17(15-33-26(32)28(3)4)6-7-18(21)11-12-29(24)25(31)22(19)13-16/h5-8,13-14H,9-12,15H2,1-4H3,(H,27,30). The topological polar surface area (TPSA) is 80.6 Å². The van der Waals surface area contributed by atoms with Crippen LogP contribution >= 0.6 is 0 Å². The van der Waals surface area contributed by atoms with Gasteiger partial charge in [0.25, 0.3) is 5.56 Å². The third kappa shape index (κ3) is 4.35. The molecular weight excluding hydrogens is 418 g/mol. The fourth-order valence-electron chi connectivity index (χ4n) is 4.43. The van der Waals surface area contributed by atoms with Crippen molar-refractivity contribution < 1.29 is 14.3 Å². The minimum absolute atomic E-state index is 0.0116. The molecule has 0 fully saturated rings.